The Morgan fingerprint density at radius 3 is 2.70 bits per heavy atom. The summed E-state index contributed by atoms with van der Waals surface area (Å²) in [5.74, 6) is -0.299. The van der Waals surface area contributed by atoms with Crippen LogP contribution in [-0.4, -0.2) is 40.1 Å². The summed E-state index contributed by atoms with van der Waals surface area (Å²) in [4.78, 5) is 4.00. The lowest BCUT2D eigenvalue weighted by Crippen LogP contribution is -3.01. The van der Waals surface area contributed by atoms with E-state index >= 15 is 0 Å². The zero-order valence-corrected chi connectivity index (χ0v) is 12.0. The van der Waals surface area contributed by atoms with Gasteiger partial charge in [-0.15, -0.1) is 0 Å². The van der Waals surface area contributed by atoms with Gasteiger partial charge in [0.15, 0.2) is 5.69 Å². The Kier molecular flexibility index (Phi) is 4.72. The molecule has 1 aromatic heterocycles. The SMILES string of the molecule is CC[NH+]([O-])c1cnccc1[C@@H]1O[C@H](C)[C@H](O)[C@H](O)[C@@H]1C. The van der Waals surface area contributed by atoms with Crippen molar-refractivity contribution in [2.24, 2.45) is 5.92 Å². The van der Waals surface area contributed by atoms with Gasteiger partial charge in [0.05, 0.1) is 31.1 Å². The largest absolute Gasteiger partial charge is 0.629 e. The summed E-state index contributed by atoms with van der Waals surface area (Å²) in [5, 5.41) is 32.0. The van der Waals surface area contributed by atoms with Gasteiger partial charge in [-0.05, 0) is 19.9 Å². The van der Waals surface area contributed by atoms with Crippen LogP contribution in [0.15, 0.2) is 18.5 Å². The van der Waals surface area contributed by atoms with Crippen molar-refractivity contribution in [1.29, 1.82) is 0 Å². The van der Waals surface area contributed by atoms with Crippen molar-refractivity contribution >= 4 is 5.69 Å². The summed E-state index contributed by atoms with van der Waals surface area (Å²) >= 11 is 0. The van der Waals surface area contributed by atoms with E-state index in [-0.39, 0.29) is 11.0 Å². The van der Waals surface area contributed by atoms with E-state index in [1.807, 2.05) is 6.92 Å². The first-order chi connectivity index (χ1) is 9.47. The van der Waals surface area contributed by atoms with Crippen LogP contribution in [0.2, 0.25) is 0 Å². The fourth-order valence-electron chi connectivity index (χ4n) is 2.64. The van der Waals surface area contributed by atoms with Gasteiger partial charge in [0, 0.05) is 17.7 Å². The molecule has 2 rings (SSSR count). The van der Waals surface area contributed by atoms with Crippen molar-refractivity contribution in [3.05, 3.63) is 29.2 Å². The molecule has 0 aromatic carbocycles. The number of quaternary nitrogens is 1. The number of nitrogens with zero attached hydrogens (tertiary/aromatic N) is 1. The number of hydrogen-bond donors (Lipinski definition) is 3. The second-order valence-corrected chi connectivity index (χ2v) is 5.34. The van der Waals surface area contributed by atoms with Gasteiger partial charge in [0.25, 0.3) is 0 Å². The molecule has 1 saturated heterocycles. The minimum Gasteiger partial charge on any atom is -0.629 e. The molecule has 2 heterocycles. The molecule has 6 atom stereocenters. The molecule has 1 aliphatic rings. The average Bonchev–Trinajstić information content (AvgIpc) is 2.48. The fraction of sp³-hybridized carbons (Fsp3) is 0.643. The van der Waals surface area contributed by atoms with Gasteiger partial charge in [-0.25, -0.2) is 0 Å². The van der Waals surface area contributed by atoms with Gasteiger partial charge in [-0.3, -0.25) is 4.98 Å². The highest BCUT2D eigenvalue weighted by molar-refractivity contribution is 5.39. The van der Waals surface area contributed by atoms with E-state index in [2.05, 4.69) is 4.98 Å². The van der Waals surface area contributed by atoms with Crippen LogP contribution in [0.5, 0.6) is 0 Å². The van der Waals surface area contributed by atoms with Crippen LogP contribution in [0.3, 0.4) is 0 Å². The van der Waals surface area contributed by atoms with Gasteiger partial charge >= 0.3 is 0 Å². The molecule has 1 fully saturated rings. The van der Waals surface area contributed by atoms with E-state index < -0.39 is 24.4 Å². The molecular weight excluding hydrogens is 260 g/mol. The summed E-state index contributed by atoms with van der Waals surface area (Å²) in [6.07, 6.45) is 0.468. The third kappa shape index (κ3) is 2.70. The second-order valence-electron chi connectivity index (χ2n) is 5.34. The summed E-state index contributed by atoms with van der Waals surface area (Å²) in [7, 11) is 0. The first kappa shape index (κ1) is 15.3. The second kappa shape index (κ2) is 6.15. The normalized spacial score (nSPS) is 35.8. The quantitative estimate of drug-likeness (QED) is 0.675. The van der Waals surface area contributed by atoms with Gasteiger partial charge in [0.1, 0.15) is 6.10 Å². The van der Waals surface area contributed by atoms with Crippen molar-refractivity contribution in [3.63, 3.8) is 0 Å². The minimum atomic E-state index is -0.909. The average molecular weight is 282 g/mol. The number of hydroxylamine groups is 1. The van der Waals surface area contributed by atoms with Gasteiger partial charge < -0.3 is 25.2 Å². The van der Waals surface area contributed by atoms with Crippen LogP contribution in [0.25, 0.3) is 0 Å². The number of aromatic nitrogens is 1. The van der Waals surface area contributed by atoms with E-state index in [0.717, 1.165) is 5.56 Å². The minimum absolute atomic E-state index is 0.00263. The van der Waals surface area contributed by atoms with Gasteiger partial charge in [-0.2, -0.15) is 0 Å². The van der Waals surface area contributed by atoms with Crippen LogP contribution >= 0.6 is 0 Å². The predicted octanol–water partition coefficient (Wildman–Crippen LogP) is -0.0666. The molecule has 0 aliphatic carbocycles. The molecule has 1 unspecified atom stereocenters. The number of hydrogen-bond acceptors (Lipinski definition) is 5. The highest BCUT2D eigenvalue weighted by atomic mass is 16.5. The molecular formula is C14H22N2O4. The van der Waals surface area contributed by atoms with Crippen molar-refractivity contribution in [1.82, 2.24) is 4.98 Å². The zero-order chi connectivity index (χ0) is 14.9. The maximum Gasteiger partial charge on any atom is 0.155 e. The molecule has 0 spiro atoms. The summed E-state index contributed by atoms with van der Waals surface area (Å²) in [6, 6.07) is 1.75. The molecule has 1 aliphatic heterocycles. The standard InChI is InChI=1S/C14H22N2O4/c1-4-16(19)11-7-15-6-5-10(11)14-8(2)12(17)13(18)9(3)20-14/h5-9,12-14,16-18H,4H2,1-3H3/t8-,9+,12+,13-,14+/m0/s1. The Hall–Kier alpha value is -1.05. The van der Waals surface area contributed by atoms with E-state index in [1.54, 1.807) is 32.3 Å². The molecule has 6 heteroatoms. The fourth-order valence-corrected chi connectivity index (χ4v) is 2.64. The molecule has 0 amide bonds. The lowest BCUT2D eigenvalue weighted by atomic mass is 9.85. The highest BCUT2D eigenvalue weighted by Gasteiger charge is 2.42. The summed E-state index contributed by atoms with van der Waals surface area (Å²) < 4.78 is 5.81. The molecule has 0 bridgehead atoms. The third-order valence-corrected chi connectivity index (χ3v) is 3.99. The summed E-state index contributed by atoms with van der Waals surface area (Å²) in [5.41, 5.74) is 1.26. The molecule has 20 heavy (non-hydrogen) atoms. The molecule has 112 valence electrons. The van der Waals surface area contributed by atoms with E-state index in [4.69, 9.17) is 4.74 Å². The van der Waals surface area contributed by atoms with Crippen LogP contribution in [0, 0.1) is 11.1 Å². The predicted molar refractivity (Wildman–Crippen MR) is 73.2 cm³/mol. The molecule has 6 nitrogen and oxygen atoms in total. The maximum absolute atomic E-state index is 12.0. The van der Waals surface area contributed by atoms with Gasteiger partial charge in [-0.1, -0.05) is 6.92 Å². The van der Waals surface area contributed by atoms with E-state index in [0.29, 0.717) is 12.2 Å². The Labute approximate surface area is 118 Å². The molecule has 0 saturated carbocycles. The highest BCUT2D eigenvalue weighted by Crippen LogP contribution is 2.38. The van der Waals surface area contributed by atoms with E-state index in [1.165, 1.54) is 0 Å². The number of pyridine rings is 1. The van der Waals surface area contributed by atoms with Crippen LogP contribution in [0.1, 0.15) is 32.4 Å². The van der Waals surface area contributed by atoms with Crippen LogP contribution in [-0.2, 0) is 4.74 Å². The number of rotatable bonds is 3. The van der Waals surface area contributed by atoms with E-state index in [9.17, 15) is 15.4 Å². The Morgan fingerprint density at radius 1 is 1.35 bits per heavy atom. The third-order valence-electron chi connectivity index (χ3n) is 3.99. The Morgan fingerprint density at radius 2 is 2.05 bits per heavy atom. The van der Waals surface area contributed by atoms with Crippen molar-refractivity contribution in [2.45, 2.75) is 45.2 Å². The smallest absolute Gasteiger partial charge is 0.155 e. The van der Waals surface area contributed by atoms with Crippen LogP contribution < -0.4 is 5.06 Å². The number of aliphatic hydroxyl groups is 2. The van der Waals surface area contributed by atoms with Gasteiger partial charge in [0.2, 0.25) is 0 Å². The maximum atomic E-state index is 12.0. The number of aliphatic hydroxyl groups excluding tert-OH is 2. The zero-order valence-electron chi connectivity index (χ0n) is 12.0. The van der Waals surface area contributed by atoms with Crippen molar-refractivity contribution in [2.75, 3.05) is 6.54 Å². The lowest BCUT2D eigenvalue weighted by Gasteiger charge is -2.41. The topological polar surface area (TPSA) is 90.1 Å². The molecule has 0 radical (unpaired) electrons. The number of ether oxygens (including phenoxy) is 1. The van der Waals surface area contributed by atoms with Crippen molar-refractivity contribution < 1.29 is 20.0 Å². The summed E-state index contributed by atoms with van der Waals surface area (Å²) in [6.45, 7) is 5.71. The monoisotopic (exact) mass is 282 g/mol. The first-order valence-electron chi connectivity index (χ1n) is 6.96. The Bertz CT molecular complexity index is 457. The Balaban J connectivity index is 2.36. The van der Waals surface area contributed by atoms with Crippen LogP contribution in [0.4, 0.5) is 5.69 Å². The molecule has 3 N–H and O–H groups in total. The first-order valence-corrected chi connectivity index (χ1v) is 6.96. The van der Waals surface area contributed by atoms with Crippen molar-refractivity contribution in [3.8, 4) is 0 Å². The number of nitrogens with one attached hydrogen (secondary N) is 1. The lowest BCUT2D eigenvalue weighted by molar-refractivity contribution is -0.774. The molecule has 1 aromatic rings.